The Morgan fingerprint density at radius 2 is 2.00 bits per heavy atom. The molecule has 27 heavy (non-hydrogen) atoms. The van der Waals surface area contributed by atoms with Gasteiger partial charge in [0.15, 0.2) is 6.10 Å². The SMILES string of the molecule is COc1cc(C(=O)OC(C)C(=O)NC2CCOc3ccccc32)ccc1C. The molecule has 0 aromatic heterocycles. The molecule has 0 bridgehead atoms. The van der Waals surface area contributed by atoms with Gasteiger partial charge in [-0.1, -0.05) is 24.3 Å². The number of hydrogen-bond donors (Lipinski definition) is 1. The van der Waals surface area contributed by atoms with Gasteiger partial charge >= 0.3 is 5.97 Å². The van der Waals surface area contributed by atoms with Crippen molar-refractivity contribution in [1.82, 2.24) is 5.32 Å². The number of esters is 1. The molecule has 142 valence electrons. The van der Waals surface area contributed by atoms with Crippen LogP contribution in [-0.2, 0) is 9.53 Å². The van der Waals surface area contributed by atoms with Crippen LogP contribution in [0.4, 0.5) is 0 Å². The first kappa shape index (κ1) is 18.8. The fourth-order valence-electron chi connectivity index (χ4n) is 3.01. The lowest BCUT2D eigenvalue weighted by molar-refractivity contribution is -0.130. The highest BCUT2D eigenvalue weighted by atomic mass is 16.5. The molecule has 6 nitrogen and oxygen atoms in total. The fourth-order valence-corrected chi connectivity index (χ4v) is 3.01. The van der Waals surface area contributed by atoms with E-state index in [0.717, 1.165) is 16.9 Å². The van der Waals surface area contributed by atoms with Crippen LogP contribution in [0.15, 0.2) is 42.5 Å². The molecule has 6 heteroatoms. The van der Waals surface area contributed by atoms with Crippen molar-refractivity contribution >= 4 is 11.9 Å². The smallest absolute Gasteiger partial charge is 0.339 e. The normalized spacial score (nSPS) is 16.5. The van der Waals surface area contributed by atoms with E-state index < -0.39 is 12.1 Å². The van der Waals surface area contributed by atoms with Gasteiger partial charge in [0.25, 0.3) is 5.91 Å². The molecule has 0 fully saturated rings. The Bertz CT molecular complexity index is 848. The molecule has 0 radical (unpaired) electrons. The molecule has 0 saturated carbocycles. The summed E-state index contributed by atoms with van der Waals surface area (Å²) in [5.41, 5.74) is 2.19. The predicted octanol–water partition coefficient (Wildman–Crippen LogP) is 3.19. The molecule has 1 amide bonds. The molecule has 2 aromatic carbocycles. The Hall–Kier alpha value is -3.02. The van der Waals surface area contributed by atoms with E-state index in [1.165, 1.54) is 0 Å². The first-order valence-corrected chi connectivity index (χ1v) is 8.87. The van der Waals surface area contributed by atoms with Crippen molar-refractivity contribution in [2.24, 2.45) is 0 Å². The number of carbonyl (C=O) groups excluding carboxylic acids is 2. The molecule has 2 unspecified atom stereocenters. The number of hydrogen-bond acceptors (Lipinski definition) is 5. The summed E-state index contributed by atoms with van der Waals surface area (Å²) in [4.78, 5) is 24.9. The molecule has 2 atom stereocenters. The number of nitrogens with one attached hydrogen (secondary N) is 1. The van der Waals surface area contributed by atoms with Crippen LogP contribution >= 0.6 is 0 Å². The summed E-state index contributed by atoms with van der Waals surface area (Å²) < 4.78 is 16.2. The van der Waals surface area contributed by atoms with Gasteiger partial charge in [0.05, 0.1) is 25.3 Å². The zero-order valence-electron chi connectivity index (χ0n) is 15.7. The van der Waals surface area contributed by atoms with Gasteiger partial charge in [0.2, 0.25) is 0 Å². The van der Waals surface area contributed by atoms with Gasteiger partial charge in [-0.2, -0.15) is 0 Å². The highest BCUT2D eigenvalue weighted by Crippen LogP contribution is 2.31. The highest BCUT2D eigenvalue weighted by molar-refractivity contribution is 5.92. The maximum Gasteiger partial charge on any atom is 0.339 e. The molecule has 0 saturated heterocycles. The van der Waals surface area contributed by atoms with Gasteiger partial charge in [-0.3, -0.25) is 4.79 Å². The topological polar surface area (TPSA) is 73.9 Å². The predicted molar refractivity (Wildman–Crippen MR) is 100 cm³/mol. The lowest BCUT2D eigenvalue weighted by atomic mass is 10.0. The van der Waals surface area contributed by atoms with Gasteiger partial charge in [0, 0.05) is 12.0 Å². The monoisotopic (exact) mass is 369 g/mol. The van der Waals surface area contributed by atoms with E-state index in [1.807, 2.05) is 31.2 Å². The van der Waals surface area contributed by atoms with Gasteiger partial charge in [-0.15, -0.1) is 0 Å². The Kier molecular flexibility index (Phi) is 5.64. The molecule has 3 rings (SSSR count). The first-order chi connectivity index (χ1) is 13.0. The van der Waals surface area contributed by atoms with Crippen LogP contribution in [0.2, 0.25) is 0 Å². The van der Waals surface area contributed by atoms with Crippen LogP contribution in [0.1, 0.15) is 40.9 Å². The molecule has 1 aliphatic heterocycles. The number of carbonyl (C=O) groups is 2. The quantitative estimate of drug-likeness (QED) is 0.820. The van der Waals surface area contributed by atoms with Crippen LogP contribution in [0, 0.1) is 6.92 Å². The fraction of sp³-hybridized carbons (Fsp3) is 0.333. The number of benzene rings is 2. The molecule has 0 spiro atoms. The summed E-state index contributed by atoms with van der Waals surface area (Å²) >= 11 is 0. The molecule has 2 aromatic rings. The summed E-state index contributed by atoms with van der Waals surface area (Å²) in [6.07, 6.45) is -0.252. The lowest BCUT2D eigenvalue weighted by Gasteiger charge is -2.27. The zero-order valence-corrected chi connectivity index (χ0v) is 15.7. The molecule has 0 aliphatic carbocycles. The van der Waals surface area contributed by atoms with Crippen LogP contribution in [0.3, 0.4) is 0 Å². The van der Waals surface area contributed by atoms with Crippen molar-refractivity contribution in [1.29, 1.82) is 0 Å². The number of ether oxygens (including phenoxy) is 3. The Morgan fingerprint density at radius 1 is 1.22 bits per heavy atom. The van der Waals surface area contributed by atoms with Crippen molar-refractivity contribution in [2.45, 2.75) is 32.4 Å². The Morgan fingerprint density at radius 3 is 2.78 bits per heavy atom. The van der Waals surface area contributed by atoms with E-state index in [-0.39, 0.29) is 11.9 Å². The third-order valence-corrected chi connectivity index (χ3v) is 4.57. The average molecular weight is 369 g/mol. The molecule has 1 N–H and O–H groups in total. The summed E-state index contributed by atoms with van der Waals surface area (Å²) in [5, 5.41) is 2.94. The van der Waals surface area contributed by atoms with Gasteiger partial charge < -0.3 is 19.5 Å². The summed E-state index contributed by atoms with van der Waals surface area (Å²) in [5.74, 6) is 0.457. The van der Waals surface area contributed by atoms with E-state index >= 15 is 0 Å². The second-order valence-electron chi connectivity index (χ2n) is 6.47. The van der Waals surface area contributed by atoms with Crippen molar-refractivity contribution in [3.8, 4) is 11.5 Å². The number of para-hydroxylation sites is 1. The van der Waals surface area contributed by atoms with Gasteiger partial charge in [-0.05, 0) is 37.6 Å². The Labute approximate surface area is 158 Å². The van der Waals surface area contributed by atoms with Crippen molar-refractivity contribution in [3.05, 3.63) is 59.2 Å². The van der Waals surface area contributed by atoms with Crippen LogP contribution in [0.25, 0.3) is 0 Å². The van der Waals surface area contributed by atoms with E-state index in [1.54, 1.807) is 32.2 Å². The standard InChI is InChI=1S/C21H23NO5/c1-13-8-9-15(12-19(13)25-3)21(24)27-14(2)20(23)22-17-10-11-26-18-7-5-4-6-16(17)18/h4-9,12,14,17H,10-11H2,1-3H3,(H,22,23). The molecule has 1 aliphatic rings. The second-order valence-corrected chi connectivity index (χ2v) is 6.47. The first-order valence-electron chi connectivity index (χ1n) is 8.87. The minimum absolute atomic E-state index is 0.164. The van der Waals surface area contributed by atoms with E-state index in [9.17, 15) is 9.59 Å². The van der Waals surface area contributed by atoms with Gasteiger partial charge in [-0.25, -0.2) is 4.79 Å². The highest BCUT2D eigenvalue weighted by Gasteiger charge is 2.26. The van der Waals surface area contributed by atoms with Crippen LogP contribution in [0.5, 0.6) is 11.5 Å². The third-order valence-electron chi connectivity index (χ3n) is 4.57. The maximum absolute atomic E-state index is 12.5. The van der Waals surface area contributed by atoms with Gasteiger partial charge in [0.1, 0.15) is 11.5 Å². The minimum atomic E-state index is -0.917. The number of fused-ring (bicyclic) bond motifs is 1. The second kappa shape index (κ2) is 8.12. The number of rotatable bonds is 5. The summed E-state index contributed by atoms with van der Waals surface area (Å²) in [7, 11) is 1.54. The average Bonchev–Trinajstić information content (AvgIpc) is 2.68. The van der Waals surface area contributed by atoms with Crippen molar-refractivity contribution in [2.75, 3.05) is 13.7 Å². The van der Waals surface area contributed by atoms with E-state index in [2.05, 4.69) is 5.32 Å². The van der Waals surface area contributed by atoms with E-state index in [0.29, 0.717) is 24.3 Å². The lowest BCUT2D eigenvalue weighted by Crippen LogP contribution is -2.39. The summed E-state index contributed by atoms with van der Waals surface area (Å²) in [6, 6.07) is 12.5. The van der Waals surface area contributed by atoms with E-state index in [4.69, 9.17) is 14.2 Å². The van der Waals surface area contributed by atoms with Crippen molar-refractivity contribution < 1.29 is 23.8 Å². The number of methoxy groups -OCH3 is 1. The largest absolute Gasteiger partial charge is 0.496 e. The number of aryl methyl sites for hydroxylation is 1. The molecule has 1 heterocycles. The summed E-state index contributed by atoms with van der Waals surface area (Å²) in [6.45, 7) is 3.97. The Balaban J connectivity index is 1.64. The van der Waals surface area contributed by atoms with Crippen LogP contribution in [-0.4, -0.2) is 31.7 Å². The molecular weight excluding hydrogens is 346 g/mol. The minimum Gasteiger partial charge on any atom is -0.496 e. The third kappa shape index (κ3) is 4.22. The zero-order chi connectivity index (χ0) is 19.4. The maximum atomic E-state index is 12.5. The number of amides is 1. The van der Waals surface area contributed by atoms with Crippen molar-refractivity contribution in [3.63, 3.8) is 0 Å². The van der Waals surface area contributed by atoms with Crippen LogP contribution < -0.4 is 14.8 Å². The molecular formula is C21H23NO5.